The molecule has 0 saturated heterocycles. The molecule has 0 radical (unpaired) electrons. The van der Waals surface area contributed by atoms with E-state index in [9.17, 15) is 9.59 Å². The van der Waals surface area contributed by atoms with Crippen molar-refractivity contribution in [3.05, 3.63) is 68.0 Å². The van der Waals surface area contributed by atoms with Gasteiger partial charge in [-0.15, -0.1) is 0 Å². The van der Waals surface area contributed by atoms with Crippen LogP contribution in [-0.4, -0.2) is 15.8 Å². The van der Waals surface area contributed by atoms with E-state index < -0.39 is 0 Å². The van der Waals surface area contributed by atoms with Crippen LogP contribution in [0.25, 0.3) is 11.0 Å². The standard InChI is InChI=1S/C15H11BrN2O2/c1-8-2-4-10(16)7-11(8)14(19)9-3-5-12-13(6-9)18-15(20)17-12/h2-7H,1H3,(H2,17,18,20). The van der Waals surface area contributed by atoms with E-state index in [4.69, 9.17) is 0 Å². The summed E-state index contributed by atoms with van der Waals surface area (Å²) in [4.78, 5) is 29.1. The Kier molecular flexibility index (Phi) is 3.06. The monoisotopic (exact) mass is 330 g/mol. The second kappa shape index (κ2) is 4.76. The van der Waals surface area contributed by atoms with Gasteiger partial charge < -0.3 is 9.97 Å². The van der Waals surface area contributed by atoms with Crippen LogP contribution in [0.15, 0.2) is 45.7 Å². The van der Waals surface area contributed by atoms with Crippen molar-refractivity contribution in [3.8, 4) is 0 Å². The Morgan fingerprint density at radius 1 is 1.05 bits per heavy atom. The maximum absolute atomic E-state index is 12.5. The molecular weight excluding hydrogens is 320 g/mol. The predicted molar refractivity (Wildman–Crippen MR) is 81.2 cm³/mol. The van der Waals surface area contributed by atoms with Crippen LogP contribution in [0.1, 0.15) is 21.5 Å². The van der Waals surface area contributed by atoms with Gasteiger partial charge in [-0.2, -0.15) is 0 Å². The van der Waals surface area contributed by atoms with E-state index in [-0.39, 0.29) is 11.5 Å². The summed E-state index contributed by atoms with van der Waals surface area (Å²) >= 11 is 3.38. The van der Waals surface area contributed by atoms with Crippen molar-refractivity contribution in [1.82, 2.24) is 9.97 Å². The molecule has 0 aliphatic rings. The zero-order chi connectivity index (χ0) is 14.3. The molecule has 0 saturated carbocycles. The van der Waals surface area contributed by atoms with Crippen molar-refractivity contribution < 1.29 is 4.79 Å². The first-order valence-corrected chi connectivity index (χ1v) is 6.87. The first kappa shape index (κ1) is 12.9. The number of aromatic amines is 2. The van der Waals surface area contributed by atoms with Crippen LogP contribution in [0.3, 0.4) is 0 Å². The fraction of sp³-hybridized carbons (Fsp3) is 0.0667. The lowest BCUT2D eigenvalue weighted by atomic mass is 9.99. The molecule has 0 spiro atoms. The first-order valence-electron chi connectivity index (χ1n) is 6.07. The maximum Gasteiger partial charge on any atom is 0.323 e. The highest BCUT2D eigenvalue weighted by Crippen LogP contribution is 2.20. The molecule has 20 heavy (non-hydrogen) atoms. The summed E-state index contributed by atoms with van der Waals surface area (Å²) in [7, 11) is 0. The van der Waals surface area contributed by atoms with Gasteiger partial charge in [0.1, 0.15) is 0 Å². The summed E-state index contributed by atoms with van der Waals surface area (Å²) in [6, 6.07) is 10.7. The summed E-state index contributed by atoms with van der Waals surface area (Å²) in [6.07, 6.45) is 0. The fourth-order valence-electron chi connectivity index (χ4n) is 2.17. The second-order valence-corrected chi connectivity index (χ2v) is 5.54. The van der Waals surface area contributed by atoms with Crippen LogP contribution in [0, 0.1) is 6.92 Å². The van der Waals surface area contributed by atoms with Crippen molar-refractivity contribution >= 4 is 32.7 Å². The number of halogens is 1. The predicted octanol–water partition coefficient (Wildman–Crippen LogP) is 3.16. The lowest BCUT2D eigenvalue weighted by Crippen LogP contribution is -2.03. The number of hydrogen-bond acceptors (Lipinski definition) is 2. The molecule has 4 nitrogen and oxygen atoms in total. The number of rotatable bonds is 2. The van der Waals surface area contributed by atoms with E-state index in [1.807, 2.05) is 25.1 Å². The van der Waals surface area contributed by atoms with Gasteiger partial charge in [-0.3, -0.25) is 4.79 Å². The molecule has 2 aromatic carbocycles. The molecule has 0 fully saturated rings. The SMILES string of the molecule is Cc1ccc(Br)cc1C(=O)c1ccc2[nH]c(=O)[nH]c2c1. The summed E-state index contributed by atoms with van der Waals surface area (Å²) in [6.45, 7) is 1.90. The third-order valence-electron chi connectivity index (χ3n) is 3.22. The number of aryl methyl sites for hydroxylation is 1. The Bertz CT molecular complexity index is 877. The van der Waals surface area contributed by atoms with Gasteiger partial charge in [-0.25, -0.2) is 4.79 Å². The number of fused-ring (bicyclic) bond motifs is 1. The van der Waals surface area contributed by atoms with Gasteiger partial charge in [0.05, 0.1) is 11.0 Å². The Hall–Kier alpha value is -2.14. The number of hydrogen-bond donors (Lipinski definition) is 2. The van der Waals surface area contributed by atoms with Crippen LogP contribution in [0.5, 0.6) is 0 Å². The van der Waals surface area contributed by atoms with Crippen LogP contribution in [-0.2, 0) is 0 Å². The molecule has 100 valence electrons. The minimum absolute atomic E-state index is 0.0623. The van der Waals surface area contributed by atoms with E-state index in [0.717, 1.165) is 10.0 Å². The van der Waals surface area contributed by atoms with Crippen molar-refractivity contribution in [3.63, 3.8) is 0 Å². The number of ketones is 1. The second-order valence-electron chi connectivity index (χ2n) is 4.63. The molecule has 5 heteroatoms. The average Bonchev–Trinajstić information content (AvgIpc) is 2.79. The van der Waals surface area contributed by atoms with Gasteiger partial charge in [-0.05, 0) is 42.8 Å². The van der Waals surface area contributed by atoms with Gasteiger partial charge in [0, 0.05) is 15.6 Å². The summed E-state index contributed by atoms with van der Waals surface area (Å²) < 4.78 is 0.863. The molecule has 1 heterocycles. The first-order chi connectivity index (χ1) is 9.54. The molecule has 0 unspecified atom stereocenters. The van der Waals surface area contributed by atoms with Gasteiger partial charge in [0.2, 0.25) is 0 Å². The average molecular weight is 331 g/mol. The smallest absolute Gasteiger partial charge is 0.306 e. The summed E-state index contributed by atoms with van der Waals surface area (Å²) in [5.74, 6) is -0.0623. The number of nitrogens with one attached hydrogen (secondary N) is 2. The van der Waals surface area contributed by atoms with Crippen LogP contribution in [0.4, 0.5) is 0 Å². The Morgan fingerprint density at radius 3 is 2.60 bits per heavy atom. The van der Waals surface area contributed by atoms with Crippen molar-refractivity contribution in [1.29, 1.82) is 0 Å². The normalized spacial score (nSPS) is 10.9. The van der Waals surface area contributed by atoms with Crippen LogP contribution < -0.4 is 5.69 Å². The lowest BCUT2D eigenvalue weighted by Gasteiger charge is -2.06. The molecule has 0 bridgehead atoms. The van der Waals surface area contributed by atoms with Crippen molar-refractivity contribution in [2.75, 3.05) is 0 Å². The Balaban J connectivity index is 2.12. The zero-order valence-corrected chi connectivity index (χ0v) is 12.2. The Labute approximate surface area is 123 Å². The third-order valence-corrected chi connectivity index (χ3v) is 3.72. The molecule has 3 rings (SSSR count). The molecule has 1 aromatic heterocycles. The highest BCUT2D eigenvalue weighted by Gasteiger charge is 2.13. The van der Waals surface area contributed by atoms with Gasteiger partial charge in [-0.1, -0.05) is 22.0 Å². The van der Waals surface area contributed by atoms with Crippen molar-refractivity contribution in [2.45, 2.75) is 6.92 Å². The fourth-order valence-corrected chi connectivity index (χ4v) is 2.53. The summed E-state index contributed by atoms with van der Waals surface area (Å²) in [5.41, 5.74) is 3.17. The molecule has 3 aromatic rings. The molecule has 0 atom stereocenters. The number of carbonyl (C=O) groups is 1. The molecule has 2 N–H and O–H groups in total. The topological polar surface area (TPSA) is 65.7 Å². The van der Waals surface area contributed by atoms with Crippen LogP contribution in [0.2, 0.25) is 0 Å². The molecule has 0 amide bonds. The van der Waals surface area contributed by atoms with E-state index in [0.29, 0.717) is 22.2 Å². The Morgan fingerprint density at radius 2 is 1.80 bits per heavy atom. The maximum atomic E-state index is 12.5. The van der Waals surface area contributed by atoms with E-state index >= 15 is 0 Å². The van der Waals surface area contributed by atoms with Gasteiger partial charge in [0.15, 0.2) is 5.78 Å². The highest BCUT2D eigenvalue weighted by molar-refractivity contribution is 9.10. The zero-order valence-electron chi connectivity index (χ0n) is 10.7. The molecule has 0 aliphatic carbocycles. The summed E-state index contributed by atoms with van der Waals surface area (Å²) in [5, 5.41) is 0. The number of benzene rings is 2. The molecule has 0 aliphatic heterocycles. The quantitative estimate of drug-likeness (QED) is 0.709. The number of aromatic nitrogens is 2. The molecular formula is C15H11BrN2O2. The largest absolute Gasteiger partial charge is 0.323 e. The van der Waals surface area contributed by atoms with Crippen LogP contribution >= 0.6 is 15.9 Å². The minimum atomic E-state index is -0.275. The van der Waals surface area contributed by atoms with Gasteiger partial charge in [0.25, 0.3) is 0 Å². The minimum Gasteiger partial charge on any atom is -0.306 e. The van der Waals surface area contributed by atoms with E-state index in [2.05, 4.69) is 25.9 Å². The number of carbonyl (C=O) groups excluding carboxylic acids is 1. The van der Waals surface area contributed by atoms with Gasteiger partial charge >= 0.3 is 5.69 Å². The number of imidazole rings is 1. The highest BCUT2D eigenvalue weighted by atomic mass is 79.9. The van der Waals surface area contributed by atoms with E-state index in [1.54, 1.807) is 18.2 Å². The number of H-pyrrole nitrogens is 2. The van der Waals surface area contributed by atoms with E-state index in [1.165, 1.54) is 0 Å². The van der Waals surface area contributed by atoms with Crippen molar-refractivity contribution in [2.24, 2.45) is 0 Å². The lowest BCUT2D eigenvalue weighted by molar-refractivity contribution is 0.103. The third kappa shape index (κ3) is 2.20.